The number of hydrogen-bond acceptors (Lipinski definition) is 3. The molecule has 0 amide bonds. The topological polar surface area (TPSA) is 53.0 Å². The Morgan fingerprint density at radius 1 is 1.53 bits per heavy atom. The quantitative estimate of drug-likeness (QED) is 0.530. The fourth-order valence-electron chi connectivity index (χ4n) is 1.30. The van der Waals surface area contributed by atoms with Crippen molar-refractivity contribution in [3.63, 3.8) is 0 Å². The van der Waals surface area contributed by atoms with Crippen molar-refractivity contribution in [3.05, 3.63) is 33.8 Å². The largest absolute Gasteiger partial charge is 0.389 e. The van der Waals surface area contributed by atoms with Crippen molar-refractivity contribution in [2.24, 2.45) is 5.73 Å². The molecule has 0 unspecified atom stereocenters. The van der Waals surface area contributed by atoms with Crippen molar-refractivity contribution in [1.29, 1.82) is 5.26 Å². The molecule has 0 fully saturated rings. The Balaban J connectivity index is 3.15. The maximum absolute atomic E-state index is 8.86. The molecule has 1 aromatic carbocycles. The van der Waals surface area contributed by atoms with E-state index in [4.69, 9.17) is 23.2 Å². The lowest BCUT2D eigenvalue weighted by molar-refractivity contribution is 1.12. The van der Waals surface area contributed by atoms with Gasteiger partial charge in [0.25, 0.3) is 0 Å². The molecule has 3 nitrogen and oxygen atoms in total. The van der Waals surface area contributed by atoms with Gasteiger partial charge in [-0.1, -0.05) is 18.3 Å². The summed E-state index contributed by atoms with van der Waals surface area (Å²) >= 11 is 8.26. The van der Waals surface area contributed by atoms with E-state index in [-0.39, 0.29) is 4.99 Å². The standard InChI is InChI=1S/C12H12BrN3S/c1-16(2)11-4-3-8(6-10(11)13)5-9(7-14)12(15)17/h3-6H,1-2H3,(H2,15,17)/b9-5-. The summed E-state index contributed by atoms with van der Waals surface area (Å²) in [5.41, 5.74) is 7.69. The molecule has 0 aliphatic rings. The number of halogens is 1. The van der Waals surface area contributed by atoms with E-state index >= 15 is 0 Å². The summed E-state index contributed by atoms with van der Waals surface area (Å²) in [4.78, 5) is 2.11. The molecule has 1 aromatic rings. The number of nitrogens with zero attached hydrogens (tertiary/aromatic N) is 2. The highest BCUT2D eigenvalue weighted by Crippen LogP contribution is 2.26. The van der Waals surface area contributed by atoms with Gasteiger partial charge in [-0.3, -0.25) is 0 Å². The first-order chi connectivity index (χ1) is 7.95. The van der Waals surface area contributed by atoms with Gasteiger partial charge < -0.3 is 10.6 Å². The summed E-state index contributed by atoms with van der Waals surface area (Å²) in [5.74, 6) is 0. The average molecular weight is 310 g/mol. The van der Waals surface area contributed by atoms with Crippen LogP contribution in [-0.2, 0) is 0 Å². The lowest BCUT2D eigenvalue weighted by Gasteiger charge is -2.14. The predicted molar refractivity (Wildman–Crippen MR) is 78.8 cm³/mol. The fraction of sp³-hybridized carbons (Fsp3) is 0.167. The lowest BCUT2D eigenvalue weighted by atomic mass is 10.1. The summed E-state index contributed by atoms with van der Waals surface area (Å²) in [6.45, 7) is 0. The average Bonchev–Trinajstić information content (AvgIpc) is 2.24. The zero-order valence-corrected chi connectivity index (χ0v) is 12.0. The molecule has 0 saturated heterocycles. The zero-order valence-electron chi connectivity index (χ0n) is 9.57. The van der Waals surface area contributed by atoms with E-state index in [1.54, 1.807) is 6.08 Å². The van der Waals surface area contributed by atoms with Crippen LogP contribution in [0.4, 0.5) is 5.69 Å². The van der Waals surface area contributed by atoms with Gasteiger partial charge in [0, 0.05) is 18.6 Å². The van der Waals surface area contributed by atoms with Crippen molar-refractivity contribution >= 4 is 44.9 Å². The third-order valence-corrected chi connectivity index (χ3v) is 3.01. The Kier molecular flexibility index (Phi) is 4.67. The maximum atomic E-state index is 8.86. The molecule has 0 bridgehead atoms. The first-order valence-corrected chi connectivity index (χ1v) is 6.04. The normalized spacial score (nSPS) is 10.8. The third kappa shape index (κ3) is 3.55. The van der Waals surface area contributed by atoms with E-state index < -0.39 is 0 Å². The van der Waals surface area contributed by atoms with Crippen LogP contribution in [0, 0.1) is 11.3 Å². The molecule has 88 valence electrons. The van der Waals surface area contributed by atoms with Gasteiger partial charge in [-0.05, 0) is 39.7 Å². The molecule has 0 aliphatic heterocycles. The van der Waals surface area contributed by atoms with E-state index in [2.05, 4.69) is 15.9 Å². The molecule has 5 heteroatoms. The van der Waals surface area contributed by atoms with Gasteiger partial charge in [-0.15, -0.1) is 0 Å². The summed E-state index contributed by atoms with van der Waals surface area (Å²) < 4.78 is 0.955. The van der Waals surface area contributed by atoms with Crippen LogP contribution >= 0.6 is 28.1 Å². The minimum Gasteiger partial charge on any atom is -0.389 e. The Morgan fingerprint density at radius 3 is 2.59 bits per heavy atom. The van der Waals surface area contributed by atoms with Gasteiger partial charge in [-0.2, -0.15) is 5.26 Å². The number of thiocarbonyl (C=S) groups is 1. The molecule has 1 rings (SSSR count). The smallest absolute Gasteiger partial charge is 0.114 e. The number of hydrogen-bond donors (Lipinski definition) is 1. The molecule has 0 radical (unpaired) electrons. The number of rotatable bonds is 3. The lowest BCUT2D eigenvalue weighted by Crippen LogP contribution is -2.10. The molecule has 0 aromatic heterocycles. The van der Waals surface area contributed by atoms with Crippen LogP contribution in [0.15, 0.2) is 28.2 Å². The Hall–Kier alpha value is -1.38. The molecule has 0 heterocycles. The third-order valence-electron chi connectivity index (χ3n) is 2.15. The van der Waals surface area contributed by atoms with E-state index in [0.29, 0.717) is 5.57 Å². The van der Waals surface area contributed by atoms with Crippen LogP contribution in [-0.4, -0.2) is 19.1 Å². The predicted octanol–water partition coefficient (Wildman–Crippen LogP) is 2.71. The molecule has 0 atom stereocenters. The van der Waals surface area contributed by atoms with Gasteiger partial charge in [0.1, 0.15) is 11.1 Å². The van der Waals surface area contributed by atoms with Crippen LogP contribution in [0.5, 0.6) is 0 Å². The molecule has 2 N–H and O–H groups in total. The highest BCUT2D eigenvalue weighted by atomic mass is 79.9. The molecule has 0 spiro atoms. The van der Waals surface area contributed by atoms with Gasteiger partial charge in [-0.25, -0.2) is 0 Å². The molecule has 17 heavy (non-hydrogen) atoms. The van der Waals surface area contributed by atoms with Gasteiger partial charge in [0.2, 0.25) is 0 Å². The maximum Gasteiger partial charge on any atom is 0.114 e. The first kappa shape index (κ1) is 13.7. The number of benzene rings is 1. The first-order valence-electron chi connectivity index (χ1n) is 4.84. The highest BCUT2D eigenvalue weighted by Gasteiger charge is 2.04. The fourth-order valence-corrected chi connectivity index (χ4v) is 2.16. The number of nitrogens with two attached hydrogens (primary N) is 1. The Labute approximate surface area is 115 Å². The molecular weight excluding hydrogens is 298 g/mol. The molecular formula is C12H12BrN3S. The molecule has 0 aliphatic carbocycles. The van der Waals surface area contributed by atoms with Crippen molar-refractivity contribution < 1.29 is 0 Å². The van der Waals surface area contributed by atoms with Crippen molar-refractivity contribution in [2.75, 3.05) is 19.0 Å². The number of anilines is 1. The second kappa shape index (κ2) is 5.80. The number of nitriles is 1. The monoisotopic (exact) mass is 309 g/mol. The summed E-state index contributed by atoms with van der Waals surface area (Å²) in [6, 6.07) is 7.77. The minimum absolute atomic E-state index is 0.111. The van der Waals surface area contributed by atoms with E-state index in [1.807, 2.05) is 43.3 Å². The van der Waals surface area contributed by atoms with Crippen LogP contribution < -0.4 is 10.6 Å². The second-order valence-electron chi connectivity index (χ2n) is 3.64. The Bertz CT molecular complexity index is 515. The van der Waals surface area contributed by atoms with Gasteiger partial charge in [0.05, 0.1) is 11.3 Å². The van der Waals surface area contributed by atoms with Crippen molar-refractivity contribution in [1.82, 2.24) is 0 Å². The van der Waals surface area contributed by atoms with E-state index in [9.17, 15) is 0 Å². The van der Waals surface area contributed by atoms with E-state index in [0.717, 1.165) is 15.7 Å². The summed E-state index contributed by atoms with van der Waals surface area (Å²) in [6.07, 6.45) is 1.67. The highest BCUT2D eigenvalue weighted by molar-refractivity contribution is 9.10. The van der Waals surface area contributed by atoms with Crippen LogP contribution in [0.1, 0.15) is 5.56 Å². The summed E-state index contributed by atoms with van der Waals surface area (Å²) in [7, 11) is 3.93. The second-order valence-corrected chi connectivity index (χ2v) is 4.93. The minimum atomic E-state index is 0.111. The van der Waals surface area contributed by atoms with Crippen LogP contribution in [0.25, 0.3) is 6.08 Å². The van der Waals surface area contributed by atoms with E-state index in [1.165, 1.54) is 0 Å². The van der Waals surface area contributed by atoms with Crippen molar-refractivity contribution in [2.45, 2.75) is 0 Å². The van der Waals surface area contributed by atoms with Crippen LogP contribution in [0.2, 0.25) is 0 Å². The van der Waals surface area contributed by atoms with Gasteiger partial charge in [0.15, 0.2) is 0 Å². The zero-order chi connectivity index (χ0) is 13.0. The Morgan fingerprint density at radius 2 is 2.18 bits per heavy atom. The van der Waals surface area contributed by atoms with Crippen LogP contribution in [0.3, 0.4) is 0 Å². The van der Waals surface area contributed by atoms with Gasteiger partial charge >= 0.3 is 0 Å². The molecule has 0 saturated carbocycles. The van der Waals surface area contributed by atoms with Crippen molar-refractivity contribution in [3.8, 4) is 6.07 Å². The summed E-state index contributed by atoms with van der Waals surface area (Å²) in [5, 5.41) is 8.86. The SMILES string of the molecule is CN(C)c1ccc(/C=C(/C#N)C(N)=S)cc1Br.